The third kappa shape index (κ3) is 14.8. The molecule has 16 nitrogen and oxygen atoms in total. The highest BCUT2D eigenvalue weighted by Gasteiger charge is 2.46. The lowest BCUT2D eigenvalue weighted by atomic mass is 9.81. The zero-order valence-corrected chi connectivity index (χ0v) is 77.6. The van der Waals surface area contributed by atoms with Gasteiger partial charge in [-0.15, -0.1) is 0 Å². The second-order valence-electron chi connectivity index (χ2n) is 36.5. The maximum Gasteiger partial charge on any atom is 0.182 e. The van der Waals surface area contributed by atoms with Crippen molar-refractivity contribution in [3.8, 4) is 159 Å². The Morgan fingerprint density at radius 1 is 0.215 bits per heavy atom. The number of nitrogens with zero attached hydrogens (tertiary/aromatic N) is 13. The molecule has 0 saturated carbocycles. The van der Waals surface area contributed by atoms with Crippen LogP contribution in [0.4, 0.5) is 0 Å². The minimum Gasteiger partial charge on any atom is -0.484 e. The molecule has 0 saturated heterocycles. The number of benzene rings is 16. The average molecular weight is 1850 g/mol. The van der Waals surface area contributed by atoms with E-state index in [2.05, 4.69) is 310 Å². The molecule has 3 aliphatic carbocycles. The summed E-state index contributed by atoms with van der Waals surface area (Å²) in [5.41, 5.74) is 29.9. The van der Waals surface area contributed by atoms with Crippen LogP contribution in [0.2, 0.25) is 0 Å². The molecule has 0 fully saturated rings. The summed E-state index contributed by atoms with van der Waals surface area (Å²) < 4.78 is 27.9. The molecule has 0 bridgehead atoms. The first-order valence-electron chi connectivity index (χ1n) is 48.6. The summed E-state index contributed by atoms with van der Waals surface area (Å²) in [6.45, 7) is 0. The highest BCUT2D eigenvalue weighted by atomic mass is 16.5. The molecule has 0 amide bonds. The van der Waals surface area contributed by atoms with Crippen molar-refractivity contribution in [2.24, 2.45) is 0 Å². The van der Waals surface area contributed by atoms with Gasteiger partial charge < -0.3 is 27.9 Å². The first-order chi connectivity index (χ1) is 71.4. The number of aromatic nitrogens is 13. The maximum atomic E-state index is 7.14. The topological polar surface area (TPSA) is 171 Å². The van der Waals surface area contributed by atoms with Crippen LogP contribution in [-0.4, -0.2) is 63.5 Å². The van der Waals surface area contributed by atoms with Crippen molar-refractivity contribution in [2.75, 3.05) is 0 Å². The smallest absolute Gasteiger partial charge is 0.182 e. The van der Waals surface area contributed by atoms with Crippen LogP contribution in [0.5, 0.6) is 17.2 Å². The molecule has 0 spiro atoms. The molecule has 29 rings (SSSR count). The van der Waals surface area contributed by atoms with Crippen LogP contribution >= 0.6 is 0 Å². The quantitative estimate of drug-likeness (QED) is 0.101. The van der Waals surface area contributed by atoms with Crippen molar-refractivity contribution in [1.82, 2.24) is 63.5 Å². The number of para-hydroxylation sites is 6. The Labute approximate surface area is 830 Å². The van der Waals surface area contributed by atoms with Gasteiger partial charge in [-0.1, -0.05) is 346 Å². The summed E-state index contributed by atoms with van der Waals surface area (Å²) in [6, 6.07) is 150. The van der Waals surface area contributed by atoms with Gasteiger partial charge in [-0.05, 0) is 139 Å². The van der Waals surface area contributed by atoms with Gasteiger partial charge in [0.25, 0.3) is 0 Å². The van der Waals surface area contributed by atoms with E-state index in [1.165, 1.54) is 49.4 Å². The highest BCUT2D eigenvalue weighted by Crippen LogP contribution is 2.61. The first kappa shape index (κ1) is 84.2. The van der Waals surface area contributed by atoms with Crippen LogP contribution in [0.25, 0.3) is 193 Å². The van der Waals surface area contributed by atoms with Gasteiger partial charge in [0.2, 0.25) is 0 Å². The van der Waals surface area contributed by atoms with Gasteiger partial charge in [-0.25, -0.2) is 44.9 Å². The summed E-state index contributed by atoms with van der Waals surface area (Å²) >= 11 is 0. The molecular weight excluding hydrogens is 1770 g/mol. The molecule has 6 atom stereocenters. The van der Waals surface area contributed by atoms with E-state index in [9.17, 15) is 0 Å². The lowest BCUT2D eigenvalue weighted by Gasteiger charge is -2.23. The van der Waals surface area contributed by atoms with Crippen LogP contribution in [0.3, 0.4) is 0 Å². The lowest BCUT2D eigenvalue weighted by Crippen LogP contribution is -2.14. The van der Waals surface area contributed by atoms with E-state index in [4.69, 9.17) is 59.1 Å². The van der Waals surface area contributed by atoms with E-state index in [0.29, 0.717) is 58.1 Å². The standard InChI is InChI=1S/2C45H30N4O.C38H25N5O/c1-5-15-29(16-6-1)39-35(45-47-43(30-17-7-2-8-18-30)46-44(48-45)31-19-9-3-10-20-31)26-28-38-41(39)34-25-27-37-40(42(34)50-38)33-23-13-14-24-36(33)49(37)32-21-11-4-12-22-32;1-5-15-29(16-6-1)36-27-32(45-47-43(30-17-7-2-8-18-30)46-44(48-45)31-19-9-3-10-20-31)28-37-34-25-26-39-40(42(34)50-41(36)37)35-23-13-14-24-38(35)49(39)33-21-11-4-12-22-33;1-3-11-24(12-4-1)36-40-37(42-38(41-36)30-16-9-10-22-39-30)25-18-21-33-29(23-25)27-19-20-32-34(35(27)44-33)28-15-7-8-17-31(28)43(32)26-13-5-2-6-14-26/h2*1-28,34,42H;1-23,27,35H. The second-order valence-corrected chi connectivity index (χ2v) is 36.5. The minimum atomic E-state index is -0.185. The van der Waals surface area contributed by atoms with Gasteiger partial charge in [0.05, 0.1) is 33.6 Å². The van der Waals surface area contributed by atoms with Crippen molar-refractivity contribution in [2.45, 2.75) is 36.1 Å². The lowest BCUT2D eigenvalue weighted by molar-refractivity contribution is 0.224. The third-order valence-electron chi connectivity index (χ3n) is 28.1. The van der Waals surface area contributed by atoms with Crippen molar-refractivity contribution in [3.63, 3.8) is 0 Å². The van der Waals surface area contributed by atoms with E-state index < -0.39 is 0 Å². The fraction of sp³-hybridized carbons (Fsp3) is 0.0469. The predicted molar refractivity (Wildman–Crippen MR) is 572 cm³/mol. The summed E-state index contributed by atoms with van der Waals surface area (Å²) in [7, 11) is 0. The van der Waals surface area contributed by atoms with Gasteiger partial charge in [0, 0.05) is 146 Å². The zero-order valence-electron chi connectivity index (χ0n) is 77.6. The molecule has 3 aliphatic heterocycles. The predicted octanol–water partition coefficient (Wildman–Crippen LogP) is 29.9. The summed E-state index contributed by atoms with van der Waals surface area (Å²) in [5, 5.41) is 3.62. The Hall–Kier alpha value is -19.1. The zero-order chi connectivity index (χ0) is 95.1. The first-order valence-corrected chi connectivity index (χ1v) is 48.6. The molecule has 7 aromatic heterocycles. The SMILES string of the molecule is C1=CC2c3c(ccc(-c4nc(-c5ccccc5)nc(-c5ccccc5)n4)c3-c3ccccc3)OC2c2c1n(-c1ccccc1)c1ccccc21.C1=CC2c3cc(-c4nc(-c5ccccc5)nc(-c5ccccc5)n4)cc(-c4ccccc4)c3OC2c2c1n(-c1ccccc1)c1ccccc21.C1=CC2c3cc(-c4nc(-c5ccccc5)nc(-c5ccccn5)n4)ccc3OC2c2c1n(-c1ccccc1)c1ccccc21. The van der Waals surface area contributed by atoms with E-state index >= 15 is 0 Å². The average Bonchev–Trinajstić information content (AvgIpc) is 1.56. The number of fused-ring (bicyclic) bond motifs is 21. The van der Waals surface area contributed by atoms with Crippen molar-refractivity contribution >= 4 is 50.9 Å². The van der Waals surface area contributed by atoms with Crippen LogP contribution in [-0.2, 0) is 0 Å². The molecule has 6 unspecified atom stereocenters. The molecule has 0 radical (unpaired) electrons. The molecule has 6 aliphatic rings. The molecule has 0 N–H and O–H groups in total. The number of hydrogen-bond acceptors (Lipinski definition) is 13. The molecule has 10 heterocycles. The highest BCUT2D eigenvalue weighted by molar-refractivity contribution is 5.97. The Morgan fingerprint density at radius 3 is 0.972 bits per heavy atom. The summed E-state index contributed by atoms with van der Waals surface area (Å²) in [5.74, 6) is 8.33. The van der Waals surface area contributed by atoms with Crippen LogP contribution in [0.15, 0.2) is 461 Å². The Kier molecular flexibility index (Phi) is 20.9. The molecule has 680 valence electrons. The summed E-state index contributed by atoms with van der Waals surface area (Å²) in [6.07, 6.45) is 15.0. The molecule has 16 heteroatoms. The van der Waals surface area contributed by atoms with Crippen molar-refractivity contribution < 1.29 is 14.2 Å². The van der Waals surface area contributed by atoms with Gasteiger partial charge in [-0.2, -0.15) is 0 Å². The summed E-state index contributed by atoms with van der Waals surface area (Å²) in [4.78, 5) is 49.5. The molecule has 23 aromatic rings. The molecular formula is C128H85N13O3. The Bertz CT molecular complexity index is 8770. The van der Waals surface area contributed by atoms with Crippen LogP contribution < -0.4 is 14.2 Å². The maximum absolute atomic E-state index is 7.14. The normalized spacial score (nSPS) is 15.9. The minimum absolute atomic E-state index is 0.00768. The number of ether oxygens (including phenoxy) is 3. The van der Waals surface area contributed by atoms with Gasteiger partial charge >= 0.3 is 0 Å². The van der Waals surface area contributed by atoms with Crippen molar-refractivity contribution in [3.05, 3.63) is 512 Å². The number of hydrogen-bond donors (Lipinski definition) is 0. The Balaban J connectivity index is 0.000000108. The van der Waals surface area contributed by atoms with E-state index in [-0.39, 0.29) is 36.1 Å². The van der Waals surface area contributed by atoms with Crippen LogP contribution in [0, 0.1) is 0 Å². The fourth-order valence-electron chi connectivity index (χ4n) is 21.7. The third-order valence-corrected chi connectivity index (χ3v) is 28.1. The van der Waals surface area contributed by atoms with E-state index in [1.54, 1.807) is 6.20 Å². The molecule has 16 aromatic carbocycles. The van der Waals surface area contributed by atoms with Crippen LogP contribution in [0.1, 0.15) is 86.5 Å². The van der Waals surface area contributed by atoms with Gasteiger partial charge in [0.15, 0.2) is 52.4 Å². The van der Waals surface area contributed by atoms with Gasteiger partial charge in [-0.3, -0.25) is 4.98 Å². The van der Waals surface area contributed by atoms with Gasteiger partial charge in [0.1, 0.15) is 41.3 Å². The number of pyridine rings is 1. The van der Waals surface area contributed by atoms with E-state index in [1.807, 2.05) is 182 Å². The monoisotopic (exact) mass is 1850 g/mol. The largest absolute Gasteiger partial charge is 0.484 e. The Morgan fingerprint density at radius 2 is 0.542 bits per heavy atom. The fourth-order valence-corrected chi connectivity index (χ4v) is 21.7. The van der Waals surface area contributed by atoms with E-state index in [0.717, 1.165) is 135 Å². The second kappa shape index (κ2) is 35.7. The molecule has 144 heavy (non-hydrogen) atoms. The number of rotatable bonds is 14. The van der Waals surface area contributed by atoms with Crippen molar-refractivity contribution in [1.29, 1.82) is 0 Å².